The van der Waals surface area contributed by atoms with Crippen LogP contribution in [0.3, 0.4) is 0 Å². The van der Waals surface area contributed by atoms with E-state index in [-0.39, 0.29) is 0 Å². The first-order valence-electron chi connectivity index (χ1n) is 7.67. The van der Waals surface area contributed by atoms with Gasteiger partial charge in [0.25, 0.3) is 0 Å². The van der Waals surface area contributed by atoms with Gasteiger partial charge in [-0.2, -0.15) is 0 Å². The van der Waals surface area contributed by atoms with Gasteiger partial charge < -0.3 is 5.11 Å². The zero-order chi connectivity index (χ0) is 12.4. The Morgan fingerprint density at radius 3 is 2.11 bits per heavy atom. The van der Waals surface area contributed by atoms with Crippen LogP contribution in [0.25, 0.3) is 0 Å². The highest BCUT2D eigenvalue weighted by molar-refractivity contribution is 5.40. The van der Waals surface area contributed by atoms with Crippen LogP contribution >= 0.6 is 0 Å². The van der Waals surface area contributed by atoms with Crippen molar-refractivity contribution in [3.8, 4) is 5.75 Å². The molecule has 1 aromatic rings. The molecule has 0 spiro atoms. The van der Waals surface area contributed by atoms with E-state index >= 15 is 0 Å². The summed E-state index contributed by atoms with van der Waals surface area (Å²) in [5.74, 6) is 1.90. The molecule has 0 heterocycles. The first-order valence-corrected chi connectivity index (χ1v) is 7.67. The molecule has 98 valence electrons. The fraction of sp³-hybridized carbons (Fsp3) is 0.647. The Hall–Kier alpha value is -0.980. The Balaban J connectivity index is 1.84. The quantitative estimate of drug-likeness (QED) is 0.767. The maximum Gasteiger partial charge on any atom is 0.119 e. The van der Waals surface area contributed by atoms with Crippen molar-refractivity contribution in [3.63, 3.8) is 0 Å². The summed E-state index contributed by atoms with van der Waals surface area (Å²) in [7, 11) is 0. The highest BCUT2D eigenvalue weighted by Gasteiger charge is 2.22. The lowest BCUT2D eigenvalue weighted by Crippen LogP contribution is -2.05. The van der Waals surface area contributed by atoms with Crippen molar-refractivity contribution >= 4 is 0 Å². The van der Waals surface area contributed by atoms with E-state index in [0.29, 0.717) is 11.7 Å². The van der Waals surface area contributed by atoms with E-state index < -0.39 is 0 Å². The van der Waals surface area contributed by atoms with Crippen LogP contribution in [0.4, 0.5) is 0 Å². The zero-order valence-corrected chi connectivity index (χ0v) is 11.2. The summed E-state index contributed by atoms with van der Waals surface area (Å²) in [4.78, 5) is 0. The SMILES string of the molecule is Oc1ccc(C2CCCCC2)cc1C1CCCC1. The molecule has 2 fully saturated rings. The highest BCUT2D eigenvalue weighted by Crippen LogP contribution is 2.41. The Labute approximate surface area is 110 Å². The van der Waals surface area contributed by atoms with Gasteiger partial charge in [0.15, 0.2) is 0 Å². The van der Waals surface area contributed by atoms with E-state index in [1.807, 2.05) is 6.07 Å². The van der Waals surface area contributed by atoms with Gasteiger partial charge in [-0.25, -0.2) is 0 Å². The largest absolute Gasteiger partial charge is 0.508 e. The molecule has 0 bridgehead atoms. The van der Waals surface area contributed by atoms with Crippen molar-refractivity contribution in [2.45, 2.75) is 69.6 Å². The molecule has 1 aromatic carbocycles. The van der Waals surface area contributed by atoms with Gasteiger partial charge in [-0.15, -0.1) is 0 Å². The standard InChI is InChI=1S/C17H24O/c18-17-11-10-15(13-6-2-1-3-7-13)12-16(17)14-8-4-5-9-14/h10-14,18H,1-9H2. The average Bonchev–Trinajstić information content (AvgIpc) is 2.94. The molecule has 2 aliphatic rings. The minimum atomic E-state index is 0.529. The van der Waals surface area contributed by atoms with E-state index in [2.05, 4.69) is 12.1 Å². The van der Waals surface area contributed by atoms with E-state index in [1.165, 1.54) is 68.9 Å². The van der Waals surface area contributed by atoms with Crippen LogP contribution in [0, 0.1) is 0 Å². The molecule has 18 heavy (non-hydrogen) atoms. The predicted molar refractivity (Wildman–Crippen MR) is 75.1 cm³/mol. The van der Waals surface area contributed by atoms with Gasteiger partial charge in [0.05, 0.1) is 0 Å². The topological polar surface area (TPSA) is 20.2 Å². The number of aromatic hydroxyl groups is 1. The lowest BCUT2D eigenvalue weighted by molar-refractivity contribution is 0.439. The summed E-state index contributed by atoms with van der Waals surface area (Å²) in [6, 6.07) is 6.42. The molecule has 3 rings (SSSR count). The molecule has 2 aliphatic carbocycles. The minimum Gasteiger partial charge on any atom is -0.508 e. The van der Waals surface area contributed by atoms with Crippen molar-refractivity contribution < 1.29 is 5.11 Å². The number of rotatable bonds is 2. The summed E-state index contributed by atoms with van der Waals surface area (Å²) in [6.07, 6.45) is 12.0. The number of hydrogen-bond acceptors (Lipinski definition) is 1. The Morgan fingerprint density at radius 2 is 1.39 bits per heavy atom. The van der Waals surface area contributed by atoms with Crippen LogP contribution in [-0.2, 0) is 0 Å². The summed E-state index contributed by atoms with van der Waals surface area (Å²) in [5.41, 5.74) is 2.71. The van der Waals surface area contributed by atoms with Crippen LogP contribution in [0.5, 0.6) is 5.75 Å². The Bertz CT molecular complexity index is 398. The van der Waals surface area contributed by atoms with E-state index in [0.717, 1.165) is 5.92 Å². The summed E-state index contributed by atoms with van der Waals surface area (Å²) in [6.45, 7) is 0. The molecule has 0 amide bonds. The second-order valence-electron chi connectivity index (χ2n) is 6.13. The van der Waals surface area contributed by atoms with Crippen LogP contribution in [0.1, 0.15) is 80.8 Å². The third kappa shape index (κ3) is 2.41. The van der Waals surface area contributed by atoms with Crippen molar-refractivity contribution in [3.05, 3.63) is 29.3 Å². The molecule has 0 atom stereocenters. The lowest BCUT2D eigenvalue weighted by Gasteiger charge is -2.23. The average molecular weight is 244 g/mol. The zero-order valence-electron chi connectivity index (χ0n) is 11.2. The number of phenolic OH excluding ortho intramolecular Hbond substituents is 1. The molecule has 2 saturated carbocycles. The van der Waals surface area contributed by atoms with Gasteiger partial charge in [-0.3, -0.25) is 0 Å². The first-order chi connectivity index (χ1) is 8.84. The van der Waals surface area contributed by atoms with Crippen LogP contribution in [0.15, 0.2) is 18.2 Å². The van der Waals surface area contributed by atoms with E-state index in [9.17, 15) is 5.11 Å². The van der Waals surface area contributed by atoms with Crippen LogP contribution in [-0.4, -0.2) is 5.11 Å². The minimum absolute atomic E-state index is 0.529. The first kappa shape index (κ1) is 12.1. The fourth-order valence-electron chi connectivity index (χ4n) is 3.83. The number of phenols is 1. The third-order valence-electron chi connectivity index (χ3n) is 4.92. The van der Waals surface area contributed by atoms with Crippen molar-refractivity contribution in [1.29, 1.82) is 0 Å². The molecule has 0 radical (unpaired) electrons. The molecule has 0 aliphatic heterocycles. The molecular weight excluding hydrogens is 220 g/mol. The molecule has 0 aromatic heterocycles. The smallest absolute Gasteiger partial charge is 0.119 e. The van der Waals surface area contributed by atoms with Gasteiger partial charge in [0, 0.05) is 0 Å². The fourth-order valence-corrected chi connectivity index (χ4v) is 3.83. The summed E-state index contributed by atoms with van der Waals surface area (Å²) in [5, 5.41) is 10.1. The second kappa shape index (κ2) is 5.34. The molecule has 1 nitrogen and oxygen atoms in total. The summed E-state index contributed by atoms with van der Waals surface area (Å²) >= 11 is 0. The highest BCUT2D eigenvalue weighted by atomic mass is 16.3. The predicted octanol–water partition coefficient (Wildman–Crippen LogP) is 5.10. The second-order valence-corrected chi connectivity index (χ2v) is 6.13. The molecular formula is C17H24O. The number of benzene rings is 1. The Kier molecular flexibility index (Phi) is 3.58. The van der Waals surface area contributed by atoms with Crippen molar-refractivity contribution in [2.24, 2.45) is 0 Å². The Morgan fingerprint density at radius 1 is 0.778 bits per heavy atom. The molecule has 1 N–H and O–H groups in total. The van der Waals surface area contributed by atoms with Gasteiger partial charge in [-0.05, 0) is 54.7 Å². The number of hydrogen-bond donors (Lipinski definition) is 1. The van der Waals surface area contributed by atoms with Gasteiger partial charge >= 0.3 is 0 Å². The molecule has 0 saturated heterocycles. The third-order valence-corrected chi connectivity index (χ3v) is 4.92. The van der Waals surface area contributed by atoms with Crippen molar-refractivity contribution in [2.75, 3.05) is 0 Å². The summed E-state index contributed by atoms with van der Waals surface area (Å²) < 4.78 is 0. The normalized spacial score (nSPS) is 22.4. The van der Waals surface area contributed by atoms with Crippen molar-refractivity contribution in [1.82, 2.24) is 0 Å². The molecule has 1 heteroatoms. The van der Waals surface area contributed by atoms with Crippen LogP contribution < -0.4 is 0 Å². The van der Waals surface area contributed by atoms with Gasteiger partial charge in [-0.1, -0.05) is 44.2 Å². The van der Waals surface area contributed by atoms with Gasteiger partial charge in [0.1, 0.15) is 5.75 Å². The lowest BCUT2D eigenvalue weighted by atomic mass is 9.82. The van der Waals surface area contributed by atoms with Gasteiger partial charge in [0.2, 0.25) is 0 Å². The monoisotopic (exact) mass is 244 g/mol. The molecule has 0 unspecified atom stereocenters. The van der Waals surface area contributed by atoms with Crippen LogP contribution in [0.2, 0.25) is 0 Å². The maximum atomic E-state index is 10.1. The van der Waals surface area contributed by atoms with E-state index in [4.69, 9.17) is 0 Å². The van der Waals surface area contributed by atoms with E-state index in [1.54, 1.807) is 0 Å². The maximum absolute atomic E-state index is 10.1.